The third-order valence-corrected chi connectivity index (χ3v) is 9.71. The second-order valence-electron chi connectivity index (χ2n) is 15.3. The van der Waals surface area contributed by atoms with E-state index in [9.17, 15) is 0 Å². The fourth-order valence-corrected chi connectivity index (χ4v) is 7.36. The average Bonchev–Trinajstić information content (AvgIpc) is 3.58. The Morgan fingerprint density at radius 1 is 0.735 bits per heavy atom. The molecule has 251 valence electrons. The van der Waals surface area contributed by atoms with Crippen LogP contribution in [0.2, 0.25) is 13.1 Å². The van der Waals surface area contributed by atoms with E-state index in [1.807, 2.05) is 0 Å². The summed E-state index contributed by atoms with van der Waals surface area (Å²) in [5, 5.41) is 2.61. The van der Waals surface area contributed by atoms with E-state index in [2.05, 4.69) is 159 Å². The van der Waals surface area contributed by atoms with Crippen molar-refractivity contribution in [2.24, 2.45) is 0 Å². The molecule has 0 saturated heterocycles. The van der Waals surface area contributed by atoms with Gasteiger partial charge in [-0.15, -0.1) is 16.7 Å². The first-order valence-corrected chi connectivity index (χ1v) is 19.1. The van der Waals surface area contributed by atoms with E-state index >= 15 is 0 Å². The summed E-state index contributed by atoms with van der Waals surface area (Å²) < 4.78 is 0. The van der Waals surface area contributed by atoms with Gasteiger partial charge < -0.3 is 24.8 Å². The van der Waals surface area contributed by atoms with E-state index in [0.717, 1.165) is 28.8 Å². The molecule has 49 heavy (non-hydrogen) atoms. The quantitative estimate of drug-likeness (QED) is 0.140. The number of halogens is 2. The molecule has 0 saturated carbocycles. The van der Waals surface area contributed by atoms with Gasteiger partial charge in [-0.3, -0.25) is 0 Å². The second-order valence-corrected chi connectivity index (χ2v) is 16.3. The Bertz CT molecular complexity index is 1950. The molecule has 0 nitrogen and oxygen atoms in total. The van der Waals surface area contributed by atoms with Gasteiger partial charge in [0.05, 0.1) is 0 Å². The van der Waals surface area contributed by atoms with Crippen LogP contribution in [0.3, 0.4) is 0 Å². The summed E-state index contributed by atoms with van der Waals surface area (Å²) in [6, 6.07) is 36.3. The molecule has 0 aromatic heterocycles. The largest absolute Gasteiger partial charge is 3.00 e. The number of allylic oxidation sites excluding steroid dienone is 1. The number of benzene rings is 5. The number of hydrogen-bond donors (Lipinski definition) is 0. The molecule has 5 aromatic carbocycles. The van der Waals surface area contributed by atoms with Gasteiger partial charge in [0.2, 0.25) is 0 Å². The third kappa shape index (κ3) is 7.99. The first-order chi connectivity index (χ1) is 22.0. The smallest absolute Gasteiger partial charge is 1.00 e. The molecule has 0 bridgehead atoms. The van der Waals surface area contributed by atoms with Crippen molar-refractivity contribution in [3.63, 3.8) is 0 Å². The molecule has 0 heterocycles. The molecule has 2 aliphatic carbocycles. The minimum Gasteiger partial charge on any atom is -1.00 e. The van der Waals surface area contributed by atoms with Gasteiger partial charge in [-0.25, -0.2) is 0 Å². The van der Waals surface area contributed by atoms with Crippen LogP contribution in [0.5, 0.6) is 0 Å². The van der Waals surface area contributed by atoms with Gasteiger partial charge in [-0.1, -0.05) is 158 Å². The van der Waals surface area contributed by atoms with Crippen LogP contribution in [0.25, 0.3) is 39.1 Å². The molecule has 0 aliphatic heterocycles. The first-order valence-electron chi connectivity index (χ1n) is 17.1. The molecule has 3 radical (unpaired) electrons. The Kier molecular flexibility index (Phi) is 13.8. The molecular formula is C45H49Cl2SiZr. The van der Waals surface area contributed by atoms with Crippen molar-refractivity contribution in [2.75, 3.05) is 0 Å². The van der Waals surface area contributed by atoms with Crippen molar-refractivity contribution in [3.05, 3.63) is 136 Å². The standard InChI is InChI=1S/C43H43.C2H6Si.2ClH.Zr/c1-8-13-29-23-37-34(33-17-11-15-27-14-9-10-16-32(27)33)18-12-19-35(37)41(29)40-26-31(43(5,6)7)25-39-36-24-30(42(2,3)4)21-20-28(36)22-38(39)40;1-3-2;;;/h9-12,14-21,23-25,41H,8,13,22H2,1-7H3;1-2H3;2*1H;/q-1;;;;+3/p-2. The van der Waals surface area contributed by atoms with Crippen LogP contribution in [0.1, 0.15) is 106 Å². The van der Waals surface area contributed by atoms with Crippen LogP contribution >= 0.6 is 0 Å². The Morgan fingerprint density at radius 2 is 1.39 bits per heavy atom. The van der Waals surface area contributed by atoms with E-state index in [-0.39, 0.29) is 67.8 Å². The summed E-state index contributed by atoms with van der Waals surface area (Å²) in [6.45, 7) is 20.6. The third-order valence-electron chi connectivity index (χ3n) is 9.71. The minimum atomic E-state index is 0. The minimum absolute atomic E-state index is 0. The van der Waals surface area contributed by atoms with Gasteiger partial charge in [-0.2, -0.15) is 17.7 Å². The molecule has 0 N–H and O–H groups in total. The van der Waals surface area contributed by atoms with E-state index in [1.165, 1.54) is 77.5 Å². The van der Waals surface area contributed by atoms with Crippen molar-refractivity contribution >= 4 is 26.4 Å². The van der Waals surface area contributed by atoms with Gasteiger partial charge in [-0.05, 0) is 73.4 Å². The van der Waals surface area contributed by atoms with Crippen molar-refractivity contribution < 1.29 is 51.0 Å². The summed E-state index contributed by atoms with van der Waals surface area (Å²) in [5.74, 6) is 0.234. The maximum atomic E-state index is 4.08. The van der Waals surface area contributed by atoms with Crippen LogP contribution in [0, 0.1) is 6.07 Å². The van der Waals surface area contributed by atoms with Crippen LogP contribution in [-0.4, -0.2) is 9.52 Å². The predicted molar refractivity (Wildman–Crippen MR) is 203 cm³/mol. The zero-order valence-corrected chi connectivity index (χ0v) is 35.6. The molecule has 2 aliphatic rings. The number of fused-ring (bicyclic) bond motifs is 5. The van der Waals surface area contributed by atoms with Crippen LogP contribution in [0.4, 0.5) is 0 Å². The van der Waals surface area contributed by atoms with Crippen molar-refractivity contribution in [1.82, 2.24) is 0 Å². The maximum absolute atomic E-state index is 4.08. The van der Waals surface area contributed by atoms with Crippen molar-refractivity contribution in [2.45, 2.75) is 97.6 Å². The average molecular weight is 780 g/mol. The maximum Gasteiger partial charge on any atom is 3.00 e. The molecule has 7 rings (SSSR count). The van der Waals surface area contributed by atoms with Gasteiger partial charge in [0.25, 0.3) is 0 Å². The molecule has 0 spiro atoms. The van der Waals surface area contributed by atoms with Crippen LogP contribution in [-0.2, 0) is 43.5 Å². The zero-order valence-electron chi connectivity index (χ0n) is 30.6. The topological polar surface area (TPSA) is 0 Å². The van der Waals surface area contributed by atoms with Crippen molar-refractivity contribution in [1.29, 1.82) is 0 Å². The summed E-state index contributed by atoms with van der Waals surface area (Å²) in [5.41, 5.74) is 17.0. The summed E-state index contributed by atoms with van der Waals surface area (Å²) >= 11 is 0. The van der Waals surface area contributed by atoms with E-state index in [4.69, 9.17) is 0 Å². The fraction of sp³-hybridized carbons (Fsp3) is 0.333. The molecule has 1 unspecified atom stereocenters. The van der Waals surface area contributed by atoms with E-state index in [1.54, 1.807) is 0 Å². The van der Waals surface area contributed by atoms with Crippen molar-refractivity contribution in [3.8, 4) is 22.3 Å². The molecule has 0 amide bonds. The van der Waals surface area contributed by atoms with Crippen LogP contribution in [0.15, 0.2) is 90.5 Å². The van der Waals surface area contributed by atoms with E-state index in [0.29, 0.717) is 0 Å². The normalized spacial score (nSPS) is 14.2. The molecule has 5 aromatic rings. The van der Waals surface area contributed by atoms with Gasteiger partial charge in [0.15, 0.2) is 0 Å². The van der Waals surface area contributed by atoms with Crippen LogP contribution < -0.4 is 24.8 Å². The fourth-order valence-electron chi connectivity index (χ4n) is 7.36. The Hall–Kier alpha value is -2.22. The summed E-state index contributed by atoms with van der Waals surface area (Å²) in [4.78, 5) is 0. The Balaban J connectivity index is 0.00000105. The molecule has 0 fully saturated rings. The van der Waals surface area contributed by atoms with Gasteiger partial charge in [0, 0.05) is 15.4 Å². The van der Waals surface area contributed by atoms with Gasteiger partial charge in [0.1, 0.15) is 0 Å². The predicted octanol–water partition coefficient (Wildman–Crippen LogP) is 6.59. The molecule has 1 atom stereocenters. The van der Waals surface area contributed by atoms with Gasteiger partial charge >= 0.3 is 26.2 Å². The Labute approximate surface area is 330 Å². The van der Waals surface area contributed by atoms with E-state index < -0.39 is 0 Å². The SMILES string of the molecule is CCCC1=Cc2c(-c3cccc4ccccc34)cccc2C1c1[c-]c(C(C)(C)C)cc2c1Cc1ccc(C(C)(C)C)cc1-2.C[Si]C.[Cl-].[Cl-].[Zr+3]. The molecular weight excluding hydrogens is 731 g/mol. The number of hydrogen-bond acceptors (Lipinski definition) is 0. The summed E-state index contributed by atoms with van der Waals surface area (Å²) in [7, 11) is 1.08. The zero-order chi connectivity index (χ0) is 32.8. The molecule has 4 heteroatoms. The first kappa shape index (κ1) is 41.2. The number of rotatable bonds is 4. The summed E-state index contributed by atoms with van der Waals surface area (Å²) in [6.07, 6.45) is 5.75. The second kappa shape index (κ2) is 16.4. The Morgan fingerprint density at radius 3 is 2.06 bits per heavy atom. The monoisotopic (exact) mass is 777 g/mol.